The highest BCUT2D eigenvalue weighted by Gasteiger charge is 2.22. The zero-order chi connectivity index (χ0) is 10.5. The third-order valence-corrected chi connectivity index (χ3v) is 1.77. The van der Waals surface area contributed by atoms with E-state index in [4.69, 9.17) is 0 Å². The van der Waals surface area contributed by atoms with Crippen LogP contribution < -0.4 is 10.6 Å². The summed E-state index contributed by atoms with van der Waals surface area (Å²) in [5.74, 6) is -8.10. The van der Waals surface area contributed by atoms with Crippen molar-refractivity contribution in [1.82, 2.24) is 0 Å². The molecule has 0 saturated heterocycles. The number of benzene rings is 1. The zero-order valence-corrected chi connectivity index (χ0v) is 6.44. The average Bonchev–Trinajstić information content (AvgIpc) is 2.54. The van der Waals surface area contributed by atoms with E-state index >= 15 is 0 Å². The Hall–Kier alpha value is -1.72. The van der Waals surface area contributed by atoms with Gasteiger partial charge in [0.15, 0.2) is 23.3 Å². The number of rotatable bonds is 0. The van der Waals surface area contributed by atoms with Crippen LogP contribution in [0.15, 0.2) is 4.99 Å². The molecular weight excluding hydrogens is 202 g/mol. The number of fused-ring (bicyclic) bond motifs is 1. The molecule has 1 heterocycles. The van der Waals surface area contributed by atoms with Gasteiger partial charge in [-0.3, -0.25) is 4.79 Å². The Bertz CT molecular complexity index is 515. The second-order valence-corrected chi connectivity index (χ2v) is 2.61. The molecule has 1 aliphatic rings. The molecule has 2 rings (SSSR count). The fraction of sp³-hybridized carbons (Fsp3) is 0. The van der Waals surface area contributed by atoms with Crippen LogP contribution in [0.1, 0.15) is 0 Å². The fourth-order valence-corrected chi connectivity index (χ4v) is 1.14. The first-order valence-corrected chi connectivity index (χ1v) is 3.48. The second kappa shape index (κ2) is 2.63. The van der Waals surface area contributed by atoms with Crippen LogP contribution in [-0.2, 0) is 4.79 Å². The van der Waals surface area contributed by atoms with Gasteiger partial charge in [0, 0.05) is 11.3 Å². The lowest BCUT2D eigenvalue weighted by molar-refractivity contribution is -0.112. The first-order valence-electron chi connectivity index (χ1n) is 3.48. The van der Waals surface area contributed by atoms with E-state index in [0.29, 0.717) is 6.08 Å². The summed E-state index contributed by atoms with van der Waals surface area (Å²) in [5, 5.41) is -1.43. The predicted octanol–water partition coefficient (Wildman–Crippen LogP) is 0.183. The van der Waals surface area contributed by atoms with Crippen molar-refractivity contribution in [1.29, 1.82) is 0 Å². The Balaban J connectivity index is 3.07. The van der Waals surface area contributed by atoms with Crippen LogP contribution >= 0.6 is 0 Å². The number of carbonyl (C=O) groups is 1. The van der Waals surface area contributed by atoms with Gasteiger partial charge in [0.25, 0.3) is 5.91 Å². The molecule has 0 unspecified atom stereocenters. The van der Waals surface area contributed by atoms with Crippen LogP contribution in [0.2, 0.25) is 0 Å². The zero-order valence-electron chi connectivity index (χ0n) is 6.44. The van der Waals surface area contributed by atoms with Crippen LogP contribution in [0.5, 0.6) is 0 Å². The van der Waals surface area contributed by atoms with Gasteiger partial charge >= 0.3 is 0 Å². The monoisotopic (exact) mass is 203 g/mol. The van der Waals surface area contributed by atoms with Gasteiger partial charge in [0.05, 0.1) is 0 Å². The molecule has 1 amide bonds. The van der Waals surface area contributed by atoms with Crippen molar-refractivity contribution in [2.45, 2.75) is 0 Å². The molecule has 0 fully saturated rings. The van der Waals surface area contributed by atoms with Gasteiger partial charge in [-0.2, -0.15) is 0 Å². The lowest BCUT2D eigenvalue weighted by Gasteiger charge is -1.96. The maximum atomic E-state index is 12.9. The molecule has 0 atom stereocenters. The first kappa shape index (κ1) is 8.86. The summed E-state index contributed by atoms with van der Waals surface area (Å²) in [5.41, 5.74) is 0. The number of nitrogens with zero attached hydrogens (tertiary/aromatic N) is 1. The van der Waals surface area contributed by atoms with Gasteiger partial charge in [-0.05, 0) is 0 Å². The Labute approximate surface area is 74.2 Å². The van der Waals surface area contributed by atoms with Crippen LogP contribution in [-0.4, -0.2) is 5.91 Å². The molecule has 6 heteroatoms. The highest BCUT2D eigenvalue weighted by Crippen LogP contribution is 2.08. The topological polar surface area (TPSA) is 29.4 Å². The summed E-state index contributed by atoms with van der Waals surface area (Å²) in [7, 11) is 0. The molecule has 0 N–H and O–H groups in total. The molecule has 72 valence electrons. The number of carbonyl (C=O) groups excluding carboxylic acids is 1. The Morgan fingerprint density at radius 3 is 2.14 bits per heavy atom. The summed E-state index contributed by atoms with van der Waals surface area (Å²) >= 11 is 0. The first-order chi connectivity index (χ1) is 6.52. The predicted molar refractivity (Wildman–Crippen MR) is 36.5 cm³/mol. The minimum Gasteiger partial charge on any atom is -0.267 e. The van der Waals surface area contributed by atoms with Gasteiger partial charge in [0.2, 0.25) is 0 Å². The summed E-state index contributed by atoms with van der Waals surface area (Å²) in [4.78, 5) is 13.6. The van der Waals surface area contributed by atoms with Gasteiger partial charge < -0.3 is 0 Å². The molecule has 1 aromatic rings. The van der Waals surface area contributed by atoms with E-state index in [-0.39, 0.29) is 0 Å². The summed E-state index contributed by atoms with van der Waals surface area (Å²) in [6.07, 6.45) is 0.607. The molecule has 0 aromatic heterocycles. The van der Waals surface area contributed by atoms with Crippen molar-refractivity contribution in [3.8, 4) is 0 Å². The highest BCUT2D eigenvalue weighted by molar-refractivity contribution is 6.06. The Morgan fingerprint density at radius 2 is 1.50 bits per heavy atom. The molecule has 0 spiro atoms. The lowest BCUT2D eigenvalue weighted by Crippen LogP contribution is -2.32. The van der Waals surface area contributed by atoms with Gasteiger partial charge in [-0.1, -0.05) is 0 Å². The van der Waals surface area contributed by atoms with Gasteiger partial charge in [-0.25, -0.2) is 22.6 Å². The summed E-state index contributed by atoms with van der Waals surface area (Å²) < 4.78 is 51.0. The SMILES string of the molecule is O=C1C=c2c(F)c(F)c(F)c(F)c2=N1. The van der Waals surface area contributed by atoms with E-state index in [9.17, 15) is 22.4 Å². The van der Waals surface area contributed by atoms with Gasteiger partial charge in [-0.15, -0.1) is 0 Å². The van der Waals surface area contributed by atoms with E-state index < -0.39 is 39.8 Å². The van der Waals surface area contributed by atoms with E-state index in [1.807, 2.05) is 0 Å². The van der Waals surface area contributed by atoms with Crippen molar-refractivity contribution in [2.24, 2.45) is 4.99 Å². The standard InChI is InChI=1S/C8HF4NO/c9-4-2-1-3(14)13-8(2)7(12)6(11)5(4)10/h1H. The minimum absolute atomic E-state index is 0.607. The quantitative estimate of drug-likeness (QED) is 0.336. The number of hydrogen-bond acceptors (Lipinski definition) is 1. The third-order valence-electron chi connectivity index (χ3n) is 1.77. The van der Waals surface area contributed by atoms with Crippen LogP contribution in [0.4, 0.5) is 17.6 Å². The van der Waals surface area contributed by atoms with Crippen molar-refractivity contribution in [3.63, 3.8) is 0 Å². The Kier molecular flexibility index (Phi) is 1.67. The van der Waals surface area contributed by atoms with Crippen molar-refractivity contribution >= 4 is 12.0 Å². The van der Waals surface area contributed by atoms with E-state index in [1.54, 1.807) is 0 Å². The van der Waals surface area contributed by atoms with Crippen molar-refractivity contribution in [2.75, 3.05) is 0 Å². The van der Waals surface area contributed by atoms with E-state index in [0.717, 1.165) is 0 Å². The third kappa shape index (κ3) is 0.966. The maximum Gasteiger partial charge on any atom is 0.271 e. The lowest BCUT2D eigenvalue weighted by atomic mass is 10.2. The average molecular weight is 203 g/mol. The summed E-state index contributed by atoms with van der Waals surface area (Å²) in [6, 6.07) is 0. The number of hydrogen-bond donors (Lipinski definition) is 0. The molecule has 0 radical (unpaired) electrons. The maximum absolute atomic E-state index is 12.9. The highest BCUT2D eigenvalue weighted by atomic mass is 19.2. The number of amides is 1. The summed E-state index contributed by atoms with van der Waals surface area (Å²) in [6.45, 7) is 0. The van der Waals surface area contributed by atoms with Crippen molar-refractivity contribution < 1.29 is 22.4 Å². The molecule has 0 bridgehead atoms. The van der Waals surface area contributed by atoms with E-state index in [2.05, 4.69) is 4.99 Å². The van der Waals surface area contributed by atoms with Crippen LogP contribution in [0.25, 0.3) is 6.08 Å². The Morgan fingerprint density at radius 1 is 0.929 bits per heavy atom. The van der Waals surface area contributed by atoms with E-state index in [1.165, 1.54) is 0 Å². The molecule has 1 aliphatic heterocycles. The second-order valence-electron chi connectivity index (χ2n) is 2.61. The molecule has 0 saturated carbocycles. The molecule has 14 heavy (non-hydrogen) atoms. The smallest absolute Gasteiger partial charge is 0.267 e. The largest absolute Gasteiger partial charge is 0.271 e. The normalized spacial score (nSPS) is 13.6. The molecule has 1 aromatic carbocycles. The van der Waals surface area contributed by atoms with Crippen LogP contribution in [0, 0.1) is 23.3 Å². The van der Waals surface area contributed by atoms with Crippen LogP contribution in [0.3, 0.4) is 0 Å². The molecular formula is C8HF4NO. The van der Waals surface area contributed by atoms with Crippen molar-refractivity contribution in [3.05, 3.63) is 33.8 Å². The number of halogens is 4. The molecule has 0 aliphatic carbocycles. The minimum atomic E-state index is -1.96. The fourth-order valence-electron chi connectivity index (χ4n) is 1.14. The van der Waals surface area contributed by atoms with Gasteiger partial charge in [0.1, 0.15) is 5.36 Å². The molecule has 2 nitrogen and oxygen atoms in total.